The van der Waals surface area contributed by atoms with Crippen LogP contribution in [-0.2, 0) is 17.8 Å². The minimum Gasteiger partial charge on any atom is -0.323 e. The molecule has 0 aliphatic carbocycles. The normalized spacial score (nSPS) is 12.2. The number of benzene rings is 2. The van der Waals surface area contributed by atoms with E-state index in [4.69, 9.17) is 11.6 Å². The molecule has 0 unspecified atom stereocenters. The third kappa shape index (κ3) is 4.79. The fourth-order valence-electron chi connectivity index (χ4n) is 2.33. The van der Waals surface area contributed by atoms with E-state index < -0.39 is 5.82 Å². The van der Waals surface area contributed by atoms with E-state index >= 15 is 0 Å². The number of rotatable bonds is 6. The van der Waals surface area contributed by atoms with Gasteiger partial charge in [0.2, 0.25) is 5.91 Å². The van der Waals surface area contributed by atoms with Gasteiger partial charge in [0.1, 0.15) is 5.82 Å². The number of hydrogen-bond donors (Lipinski definition) is 1. The van der Waals surface area contributed by atoms with E-state index in [1.54, 1.807) is 0 Å². The number of nitrogens with zero attached hydrogens (tertiary/aromatic N) is 1. The molecule has 1 amide bonds. The number of nitrogens with one attached hydrogen (secondary N) is 1. The molecule has 0 aliphatic heterocycles. The van der Waals surface area contributed by atoms with Crippen LogP contribution < -0.4 is 5.32 Å². The van der Waals surface area contributed by atoms with E-state index in [2.05, 4.69) is 36.5 Å². The van der Waals surface area contributed by atoms with Crippen molar-refractivity contribution >= 4 is 23.2 Å². The molecule has 3 nitrogen and oxygen atoms in total. The lowest BCUT2D eigenvalue weighted by Crippen LogP contribution is -2.39. The smallest absolute Gasteiger partial charge is 0.241 e. The zero-order chi connectivity index (χ0) is 17.7. The van der Waals surface area contributed by atoms with Gasteiger partial charge >= 0.3 is 0 Å². The van der Waals surface area contributed by atoms with Crippen LogP contribution in [0.15, 0.2) is 42.5 Å². The molecule has 0 aromatic heterocycles. The van der Waals surface area contributed by atoms with Crippen LogP contribution in [0, 0.1) is 5.82 Å². The fourth-order valence-corrected chi connectivity index (χ4v) is 2.55. The molecule has 0 fully saturated rings. The van der Waals surface area contributed by atoms with Crippen LogP contribution in [0.4, 0.5) is 10.1 Å². The molecule has 2 aromatic rings. The summed E-state index contributed by atoms with van der Waals surface area (Å²) in [5.41, 5.74) is 2.85. The van der Waals surface area contributed by atoms with Gasteiger partial charge in [0.05, 0.1) is 16.8 Å². The Morgan fingerprint density at radius 2 is 1.83 bits per heavy atom. The van der Waals surface area contributed by atoms with Crippen molar-refractivity contribution in [2.45, 2.75) is 32.9 Å². The maximum atomic E-state index is 13.1. The van der Waals surface area contributed by atoms with Crippen LogP contribution in [0.2, 0.25) is 5.02 Å². The summed E-state index contributed by atoms with van der Waals surface area (Å²) in [6.45, 7) is 4.61. The zero-order valence-electron chi connectivity index (χ0n) is 14.1. The highest BCUT2D eigenvalue weighted by Crippen LogP contribution is 2.23. The van der Waals surface area contributed by atoms with Gasteiger partial charge in [-0.1, -0.05) is 42.8 Å². The van der Waals surface area contributed by atoms with Crippen LogP contribution in [0.25, 0.3) is 0 Å². The molecule has 1 N–H and O–H groups in total. The van der Waals surface area contributed by atoms with Gasteiger partial charge in [-0.15, -0.1) is 0 Å². The molecule has 0 heterocycles. The topological polar surface area (TPSA) is 32.3 Å². The molecule has 0 radical (unpaired) electrons. The summed E-state index contributed by atoms with van der Waals surface area (Å²) < 4.78 is 13.1. The maximum Gasteiger partial charge on any atom is 0.241 e. The molecule has 0 aliphatic rings. The summed E-state index contributed by atoms with van der Waals surface area (Å²) in [4.78, 5) is 14.3. The SMILES string of the molecule is CCc1ccc(CN(C)[C@@H](C)C(=O)Nc2ccc(F)cc2Cl)cc1. The molecule has 24 heavy (non-hydrogen) atoms. The molecule has 1 atom stereocenters. The van der Waals surface area contributed by atoms with E-state index in [-0.39, 0.29) is 17.0 Å². The van der Waals surface area contributed by atoms with Crippen LogP contribution in [-0.4, -0.2) is 23.9 Å². The number of anilines is 1. The molecule has 2 rings (SSSR count). The Bertz CT molecular complexity index is 703. The van der Waals surface area contributed by atoms with Crippen molar-refractivity contribution in [3.05, 3.63) is 64.4 Å². The van der Waals surface area contributed by atoms with Crippen LogP contribution in [0.1, 0.15) is 25.0 Å². The van der Waals surface area contributed by atoms with E-state index in [0.29, 0.717) is 12.2 Å². The molecule has 0 bridgehead atoms. The number of carbonyl (C=O) groups excluding carboxylic acids is 1. The van der Waals surface area contributed by atoms with Crippen molar-refractivity contribution in [3.63, 3.8) is 0 Å². The number of carbonyl (C=O) groups is 1. The summed E-state index contributed by atoms with van der Waals surface area (Å²) in [5, 5.41) is 2.93. The van der Waals surface area contributed by atoms with Crippen molar-refractivity contribution < 1.29 is 9.18 Å². The molecule has 0 spiro atoms. The second kappa shape index (κ2) is 8.27. The highest BCUT2D eigenvalue weighted by Gasteiger charge is 2.19. The van der Waals surface area contributed by atoms with Crippen molar-refractivity contribution in [2.75, 3.05) is 12.4 Å². The van der Waals surface area contributed by atoms with Gasteiger partial charge in [0.15, 0.2) is 0 Å². The molecular weight excluding hydrogens is 327 g/mol. The van der Waals surface area contributed by atoms with Gasteiger partial charge in [-0.05, 0) is 49.7 Å². The number of hydrogen-bond acceptors (Lipinski definition) is 2. The third-order valence-electron chi connectivity index (χ3n) is 4.09. The second-order valence-electron chi connectivity index (χ2n) is 5.87. The first-order chi connectivity index (χ1) is 11.4. The Balaban J connectivity index is 1.98. The Morgan fingerprint density at radius 3 is 2.42 bits per heavy atom. The van der Waals surface area contributed by atoms with Crippen LogP contribution in [0.3, 0.4) is 0 Å². The van der Waals surface area contributed by atoms with E-state index in [9.17, 15) is 9.18 Å². The van der Waals surface area contributed by atoms with Crippen LogP contribution >= 0.6 is 11.6 Å². The zero-order valence-corrected chi connectivity index (χ0v) is 14.9. The summed E-state index contributed by atoms with van der Waals surface area (Å²) in [5.74, 6) is -0.616. The van der Waals surface area contributed by atoms with Crippen molar-refractivity contribution in [1.82, 2.24) is 4.90 Å². The highest BCUT2D eigenvalue weighted by molar-refractivity contribution is 6.33. The summed E-state index contributed by atoms with van der Waals surface area (Å²) in [7, 11) is 1.89. The van der Waals surface area contributed by atoms with Crippen molar-refractivity contribution in [2.24, 2.45) is 0 Å². The predicted octanol–water partition coefficient (Wildman–Crippen LogP) is 4.50. The lowest BCUT2D eigenvalue weighted by Gasteiger charge is -2.24. The van der Waals surface area contributed by atoms with Gasteiger partial charge in [0.25, 0.3) is 0 Å². The van der Waals surface area contributed by atoms with Crippen LogP contribution in [0.5, 0.6) is 0 Å². The second-order valence-corrected chi connectivity index (χ2v) is 6.28. The van der Waals surface area contributed by atoms with Gasteiger partial charge < -0.3 is 5.32 Å². The summed E-state index contributed by atoms with van der Waals surface area (Å²) in [6, 6.07) is 11.9. The molecule has 0 saturated carbocycles. The summed E-state index contributed by atoms with van der Waals surface area (Å²) >= 11 is 5.95. The lowest BCUT2D eigenvalue weighted by molar-refractivity contribution is -0.120. The summed E-state index contributed by atoms with van der Waals surface area (Å²) in [6.07, 6.45) is 1.01. The Morgan fingerprint density at radius 1 is 1.21 bits per heavy atom. The molecule has 128 valence electrons. The van der Waals surface area contributed by atoms with Crippen molar-refractivity contribution in [3.8, 4) is 0 Å². The molecular formula is C19H22ClFN2O. The first-order valence-corrected chi connectivity index (χ1v) is 8.32. The minimum absolute atomic E-state index is 0.184. The highest BCUT2D eigenvalue weighted by atomic mass is 35.5. The maximum absolute atomic E-state index is 13.1. The molecule has 5 heteroatoms. The Labute approximate surface area is 147 Å². The standard InChI is InChI=1S/C19H22ClFN2O/c1-4-14-5-7-15(8-6-14)12-23(3)13(2)19(24)22-18-10-9-16(21)11-17(18)20/h5-11,13H,4,12H2,1-3H3,(H,22,24)/t13-/m0/s1. The van der Waals surface area contributed by atoms with E-state index in [1.807, 2.05) is 18.9 Å². The monoisotopic (exact) mass is 348 g/mol. The molecule has 0 saturated heterocycles. The number of likely N-dealkylation sites (N-methyl/N-ethyl adjacent to an activating group) is 1. The van der Waals surface area contributed by atoms with E-state index in [1.165, 1.54) is 23.8 Å². The number of halogens is 2. The van der Waals surface area contributed by atoms with Gasteiger partial charge in [0, 0.05) is 6.54 Å². The molecule has 2 aromatic carbocycles. The first-order valence-electron chi connectivity index (χ1n) is 7.94. The quantitative estimate of drug-likeness (QED) is 0.833. The first kappa shape index (κ1) is 18.4. The average Bonchev–Trinajstić information content (AvgIpc) is 2.57. The number of amides is 1. The van der Waals surface area contributed by atoms with Gasteiger partial charge in [-0.25, -0.2) is 4.39 Å². The van der Waals surface area contributed by atoms with Gasteiger partial charge in [-0.2, -0.15) is 0 Å². The predicted molar refractivity (Wildman–Crippen MR) is 96.8 cm³/mol. The van der Waals surface area contributed by atoms with E-state index in [0.717, 1.165) is 12.0 Å². The minimum atomic E-state index is -0.432. The fraction of sp³-hybridized carbons (Fsp3) is 0.316. The lowest BCUT2D eigenvalue weighted by atomic mass is 10.1. The third-order valence-corrected chi connectivity index (χ3v) is 4.41. The Hall–Kier alpha value is -1.91. The number of aryl methyl sites for hydroxylation is 1. The Kier molecular flexibility index (Phi) is 6.35. The average molecular weight is 349 g/mol. The van der Waals surface area contributed by atoms with Crippen molar-refractivity contribution in [1.29, 1.82) is 0 Å². The van der Waals surface area contributed by atoms with Gasteiger partial charge in [-0.3, -0.25) is 9.69 Å². The largest absolute Gasteiger partial charge is 0.323 e.